The highest BCUT2D eigenvalue weighted by molar-refractivity contribution is 5.91. The normalized spacial score (nSPS) is 9.88. The summed E-state index contributed by atoms with van der Waals surface area (Å²) in [7, 11) is 1.93. The van der Waals surface area contributed by atoms with E-state index in [1.54, 1.807) is 13.0 Å². The SMILES string of the molecule is C=CCc1nc(CNC(=O)C(=C)C)cn1C. The molecule has 0 aromatic carbocycles. The van der Waals surface area contributed by atoms with Crippen molar-refractivity contribution in [2.75, 3.05) is 0 Å². The summed E-state index contributed by atoms with van der Waals surface area (Å²) in [5, 5.41) is 2.74. The lowest BCUT2D eigenvalue weighted by molar-refractivity contribution is -0.117. The number of rotatable bonds is 5. The summed E-state index contributed by atoms with van der Waals surface area (Å²) >= 11 is 0. The minimum absolute atomic E-state index is 0.143. The predicted molar refractivity (Wildman–Crippen MR) is 63.8 cm³/mol. The van der Waals surface area contributed by atoms with E-state index >= 15 is 0 Å². The average Bonchev–Trinajstić information content (AvgIpc) is 2.57. The van der Waals surface area contributed by atoms with Gasteiger partial charge in [-0.2, -0.15) is 0 Å². The summed E-state index contributed by atoms with van der Waals surface area (Å²) in [4.78, 5) is 15.7. The van der Waals surface area contributed by atoms with Gasteiger partial charge in [0.25, 0.3) is 0 Å². The molecule has 4 nitrogen and oxygen atoms in total. The van der Waals surface area contributed by atoms with Gasteiger partial charge in [-0.3, -0.25) is 4.79 Å². The van der Waals surface area contributed by atoms with E-state index in [2.05, 4.69) is 23.5 Å². The fourth-order valence-corrected chi connectivity index (χ4v) is 1.30. The molecule has 0 bridgehead atoms. The Balaban J connectivity index is 2.61. The van der Waals surface area contributed by atoms with Gasteiger partial charge in [0.1, 0.15) is 5.82 Å². The first-order valence-electron chi connectivity index (χ1n) is 5.10. The molecule has 16 heavy (non-hydrogen) atoms. The second-order valence-corrected chi connectivity index (χ2v) is 3.72. The summed E-state index contributed by atoms with van der Waals surface area (Å²) in [6.07, 6.45) is 4.43. The molecule has 0 radical (unpaired) electrons. The zero-order chi connectivity index (χ0) is 12.1. The second kappa shape index (κ2) is 5.30. The molecular weight excluding hydrogens is 202 g/mol. The summed E-state index contributed by atoms with van der Waals surface area (Å²) in [5.41, 5.74) is 1.34. The molecule has 0 unspecified atom stereocenters. The third kappa shape index (κ3) is 3.08. The molecule has 0 aliphatic rings. The number of nitrogens with zero attached hydrogens (tertiary/aromatic N) is 2. The van der Waals surface area contributed by atoms with Gasteiger partial charge in [0.05, 0.1) is 12.2 Å². The van der Waals surface area contributed by atoms with Gasteiger partial charge >= 0.3 is 0 Å². The van der Waals surface area contributed by atoms with Crippen LogP contribution in [0.4, 0.5) is 0 Å². The molecule has 0 atom stereocenters. The third-order valence-corrected chi connectivity index (χ3v) is 2.17. The highest BCUT2D eigenvalue weighted by Crippen LogP contribution is 2.02. The Hall–Kier alpha value is -1.84. The molecule has 4 heteroatoms. The first-order valence-corrected chi connectivity index (χ1v) is 5.10. The molecule has 1 amide bonds. The number of allylic oxidation sites excluding steroid dienone is 1. The van der Waals surface area contributed by atoms with Crippen molar-refractivity contribution in [3.8, 4) is 0 Å². The zero-order valence-corrected chi connectivity index (χ0v) is 9.79. The lowest BCUT2D eigenvalue weighted by atomic mass is 10.3. The fourth-order valence-electron chi connectivity index (χ4n) is 1.30. The number of imidazole rings is 1. The number of carbonyl (C=O) groups excluding carboxylic acids is 1. The molecule has 0 saturated carbocycles. The topological polar surface area (TPSA) is 46.9 Å². The number of carbonyl (C=O) groups is 1. The van der Waals surface area contributed by atoms with Crippen LogP contribution < -0.4 is 5.32 Å². The number of aromatic nitrogens is 2. The summed E-state index contributed by atoms with van der Waals surface area (Å²) < 4.78 is 1.93. The van der Waals surface area contributed by atoms with Crippen LogP contribution in [0.1, 0.15) is 18.4 Å². The van der Waals surface area contributed by atoms with Crippen LogP contribution in [0.15, 0.2) is 31.0 Å². The van der Waals surface area contributed by atoms with E-state index in [4.69, 9.17) is 0 Å². The summed E-state index contributed by atoms with van der Waals surface area (Å²) in [6, 6.07) is 0. The quantitative estimate of drug-likeness (QED) is 0.600. The smallest absolute Gasteiger partial charge is 0.246 e. The molecule has 0 fully saturated rings. The Labute approximate surface area is 95.7 Å². The lowest BCUT2D eigenvalue weighted by Crippen LogP contribution is -2.23. The van der Waals surface area contributed by atoms with E-state index in [-0.39, 0.29) is 5.91 Å². The molecule has 1 aromatic rings. The van der Waals surface area contributed by atoms with Crippen molar-refractivity contribution in [3.63, 3.8) is 0 Å². The van der Waals surface area contributed by atoms with Crippen LogP contribution in [0, 0.1) is 0 Å². The minimum atomic E-state index is -0.143. The van der Waals surface area contributed by atoms with Crippen molar-refractivity contribution in [1.82, 2.24) is 14.9 Å². The maximum atomic E-state index is 11.3. The van der Waals surface area contributed by atoms with Gasteiger partial charge in [0.2, 0.25) is 5.91 Å². The van der Waals surface area contributed by atoms with Gasteiger partial charge in [-0.15, -0.1) is 6.58 Å². The Morgan fingerprint density at radius 3 is 2.94 bits per heavy atom. The molecule has 0 saturated heterocycles. The molecule has 1 N–H and O–H groups in total. The van der Waals surface area contributed by atoms with E-state index in [9.17, 15) is 4.79 Å². The molecule has 1 heterocycles. The molecule has 0 aliphatic carbocycles. The molecule has 0 spiro atoms. The zero-order valence-electron chi connectivity index (χ0n) is 9.79. The van der Waals surface area contributed by atoms with Crippen LogP contribution in [-0.2, 0) is 24.8 Å². The number of aryl methyl sites for hydroxylation is 1. The predicted octanol–water partition coefficient (Wildman–Crippen LogP) is 1.34. The first-order chi connectivity index (χ1) is 7.54. The number of amides is 1. The Kier molecular flexibility index (Phi) is 4.05. The van der Waals surface area contributed by atoms with Gasteiger partial charge in [0, 0.05) is 25.2 Å². The van der Waals surface area contributed by atoms with Crippen LogP contribution in [-0.4, -0.2) is 15.5 Å². The number of nitrogens with one attached hydrogen (secondary N) is 1. The molecular formula is C12H17N3O. The largest absolute Gasteiger partial charge is 0.347 e. The van der Waals surface area contributed by atoms with Crippen molar-refractivity contribution < 1.29 is 4.79 Å². The van der Waals surface area contributed by atoms with Crippen molar-refractivity contribution in [2.45, 2.75) is 19.9 Å². The van der Waals surface area contributed by atoms with Gasteiger partial charge in [-0.25, -0.2) is 4.98 Å². The molecule has 1 aromatic heterocycles. The monoisotopic (exact) mass is 219 g/mol. The maximum Gasteiger partial charge on any atom is 0.246 e. The van der Waals surface area contributed by atoms with E-state index in [1.807, 2.05) is 17.8 Å². The van der Waals surface area contributed by atoms with E-state index in [0.29, 0.717) is 12.1 Å². The standard InChI is InChI=1S/C12H17N3O/c1-5-6-11-14-10(8-15(11)4)7-13-12(16)9(2)3/h5,8H,1-2,6-7H2,3-4H3,(H,13,16). The Bertz CT molecular complexity index is 418. The van der Waals surface area contributed by atoms with Crippen molar-refractivity contribution >= 4 is 5.91 Å². The van der Waals surface area contributed by atoms with Gasteiger partial charge in [0.15, 0.2) is 0 Å². The Morgan fingerprint density at radius 2 is 2.38 bits per heavy atom. The van der Waals surface area contributed by atoms with Crippen LogP contribution in [0.2, 0.25) is 0 Å². The van der Waals surface area contributed by atoms with Crippen molar-refractivity contribution in [3.05, 3.63) is 42.5 Å². The maximum absolute atomic E-state index is 11.3. The van der Waals surface area contributed by atoms with E-state index in [1.165, 1.54) is 0 Å². The average molecular weight is 219 g/mol. The highest BCUT2D eigenvalue weighted by Gasteiger charge is 2.06. The lowest BCUT2D eigenvalue weighted by Gasteiger charge is -2.00. The summed E-state index contributed by atoms with van der Waals surface area (Å²) in [5.74, 6) is 0.797. The molecule has 86 valence electrons. The van der Waals surface area contributed by atoms with Crippen LogP contribution >= 0.6 is 0 Å². The van der Waals surface area contributed by atoms with Gasteiger partial charge < -0.3 is 9.88 Å². The molecule has 1 rings (SSSR count). The second-order valence-electron chi connectivity index (χ2n) is 3.72. The molecule has 0 aliphatic heterocycles. The minimum Gasteiger partial charge on any atom is -0.347 e. The number of hydrogen-bond donors (Lipinski definition) is 1. The van der Waals surface area contributed by atoms with Gasteiger partial charge in [-0.1, -0.05) is 12.7 Å². The number of hydrogen-bond acceptors (Lipinski definition) is 2. The van der Waals surface area contributed by atoms with Crippen LogP contribution in [0.3, 0.4) is 0 Å². The third-order valence-electron chi connectivity index (χ3n) is 2.17. The summed E-state index contributed by atoms with van der Waals surface area (Å²) in [6.45, 7) is 9.34. The first kappa shape index (κ1) is 12.2. The van der Waals surface area contributed by atoms with Crippen LogP contribution in [0.25, 0.3) is 0 Å². The van der Waals surface area contributed by atoms with Crippen molar-refractivity contribution in [2.24, 2.45) is 7.05 Å². The highest BCUT2D eigenvalue weighted by atomic mass is 16.1. The van der Waals surface area contributed by atoms with Crippen molar-refractivity contribution in [1.29, 1.82) is 0 Å². The Morgan fingerprint density at radius 1 is 1.69 bits per heavy atom. The fraction of sp³-hybridized carbons (Fsp3) is 0.333. The van der Waals surface area contributed by atoms with Crippen LogP contribution in [0.5, 0.6) is 0 Å². The van der Waals surface area contributed by atoms with E-state index in [0.717, 1.165) is 17.9 Å². The van der Waals surface area contributed by atoms with E-state index < -0.39 is 0 Å². The van der Waals surface area contributed by atoms with Gasteiger partial charge in [-0.05, 0) is 6.92 Å².